The van der Waals surface area contributed by atoms with Crippen molar-refractivity contribution >= 4 is 17.7 Å². The second-order valence-electron chi connectivity index (χ2n) is 7.14. The Bertz CT molecular complexity index is 942. The summed E-state index contributed by atoms with van der Waals surface area (Å²) < 4.78 is 5.48. The SMILES string of the molecule is [N-]=[N+]=NCCCCCOCC#Cc1ccc2c(c1)CN(C1CCC(=O)NC1=O)C2=O. The fraction of sp³-hybridized carbons (Fsp3) is 0.476. The molecule has 0 aromatic heterocycles. The summed E-state index contributed by atoms with van der Waals surface area (Å²) in [5.41, 5.74) is 10.4. The van der Waals surface area contributed by atoms with E-state index in [1.54, 1.807) is 12.1 Å². The van der Waals surface area contributed by atoms with Crippen molar-refractivity contribution in [1.29, 1.82) is 0 Å². The molecular formula is C21H23N5O4. The van der Waals surface area contributed by atoms with Crippen molar-refractivity contribution in [2.24, 2.45) is 5.11 Å². The molecule has 1 N–H and O–H groups in total. The van der Waals surface area contributed by atoms with Gasteiger partial charge in [0.05, 0.1) is 0 Å². The molecule has 3 amide bonds. The summed E-state index contributed by atoms with van der Waals surface area (Å²) in [6.45, 7) is 1.76. The molecular weight excluding hydrogens is 386 g/mol. The van der Waals surface area contributed by atoms with Crippen molar-refractivity contribution in [1.82, 2.24) is 10.2 Å². The zero-order valence-electron chi connectivity index (χ0n) is 16.6. The lowest BCUT2D eigenvalue weighted by molar-refractivity contribution is -0.136. The van der Waals surface area contributed by atoms with E-state index in [4.69, 9.17) is 10.3 Å². The third-order valence-corrected chi connectivity index (χ3v) is 5.04. The topological polar surface area (TPSA) is 124 Å². The van der Waals surface area contributed by atoms with Crippen LogP contribution in [0.25, 0.3) is 10.4 Å². The minimum absolute atomic E-state index is 0.192. The molecule has 1 atom stereocenters. The molecule has 1 unspecified atom stereocenters. The Morgan fingerprint density at radius 2 is 2.13 bits per heavy atom. The number of hydrogen-bond acceptors (Lipinski definition) is 5. The molecule has 0 saturated carbocycles. The Hall–Kier alpha value is -3.34. The Balaban J connectivity index is 1.48. The molecule has 1 fully saturated rings. The van der Waals surface area contributed by atoms with Gasteiger partial charge >= 0.3 is 0 Å². The van der Waals surface area contributed by atoms with E-state index in [0.717, 1.165) is 30.4 Å². The number of ether oxygens (including phenoxy) is 1. The number of carbonyl (C=O) groups is 3. The lowest BCUT2D eigenvalue weighted by Crippen LogP contribution is -2.52. The minimum atomic E-state index is -0.614. The summed E-state index contributed by atoms with van der Waals surface area (Å²) in [6, 6.07) is 4.77. The number of unbranched alkanes of at least 4 members (excludes halogenated alkanes) is 2. The van der Waals surface area contributed by atoms with Gasteiger partial charge in [0, 0.05) is 42.2 Å². The van der Waals surface area contributed by atoms with Crippen LogP contribution in [0.15, 0.2) is 23.3 Å². The normalized spacial score (nSPS) is 17.7. The van der Waals surface area contributed by atoms with Gasteiger partial charge < -0.3 is 9.64 Å². The van der Waals surface area contributed by atoms with Crippen LogP contribution in [-0.4, -0.2) is 48.4 Å². The minimum Gasteiger partial charge on any atom is -0.369 e. The molecule has 0 radical (unpaired) electrons. The standard InChI is InChI=1S/C21H23N5O4/c22-25-23-10-2-1-3-11-30-12-4-5-15-6-7-17-16(13-15)14-26(21(17)29)18-8-9-19(27)24-20(18)28/h6-7,13,18H,1-3,8-12,14H2,(H,24,27,28). The summed E-state index contributed by atoms with van der Waals surface area (Å²) in [7, 11) is 0. The number of nitrogens with one attached hydrogen (secondary N) is 1. The molecule has 3 rings (SSSR count). The third kappa shape index (κ3) is 5.38. The van der Waals surface area contributed by atoms with E-state index >= 15 is 0 Å². The van der Waals surface area contributed by atoms with E-state index < -0.39 is 11.9 Å². The summed E-state index contributed by atoms with van der Waals surface area (Å²) in [6.07, 6.45) is 3.26. The van der Waals surface area contributed by atoms with E-state index in [1.807, 2.05) is 6.07 Å². The number of piperidine rings is 1. The van der Waals surface area contributed by atoms with Crippen LogP contribution >= 0.6 is 0 Å². The molecule has 0 bridgehead atoms. The average Bonchev–Trinajstić information content (AvgIpc) is 3.05. The monoisotopic (exact) mass is 409 g/mol. The molecule has 9 heteroatoms. The van der Waals surface area contributed by atoms with Crippen LogP contribution in [-0.2, 0) is 20.9 Å². The fourth-order valence-corrected chi connectivity index (χ4v) is 3.52. The smallest absolute Gasteiger partial charge is 0.255 e. The molecule has 0 spiro atoms. The van der Waals surface area contributed by atoms with Crippen LogP contribution in [0.1, 0.15) is 53.6 Å². The van der Waals surface area contributed by atoms with Gasteiger partial charge in [0.25, 0.3) is 5.91 Å². The maximum absolute atomic E-state index is 12.7. The van der Waals surface area contributed by atoms with Crippen molar-refractivity contribution < 1.29 is 19.1 Å². The Labute approximate surface area is 174 Å². The van der Waals surface area contributed by atoms with Gasteiger partial charge in [-0.05, 0) is 48.6 Å². The first-order valence-corrected chi connectivity index (χ1v) is 9.95. The van der Waals surface area contributed by atoms with E-state index in [2.05, 4.69) is 27.2 Å². The fourth-order valence-electron chi connectivity index (χ4n) is 3.52. The van der Waals surface area contributed by atoms with E-state index in [9.17, 15) is 14.4 Å². The largest absolute Gasteiger partial charge is 0.369 e. The maximum atomic E-state index is 12.7. The van der Waals surface area contributed by atoms with Crippen LogP contribution in [0.3, 0.4) is 0 Å². The first-order valence-electron chi connectivity index (χ1n) is 9.95. The number of amides is 3. The Morgan fingerprint density at radius 1 is 1.27 bits per heavy atom. The molecule has 2 aliphatic heterocycles. The number of rotatable bonds is 8. The van der Waals surface area contributed by atoms with Crippen LogP contribution in [0.4, 0.5) is 0 Å². The highest BCUT2D eigenvalue weighted by Crippen LogP contribution is 2.28. The maximum Gasteiger partial charge on any atom is 0.255 e. The highest BCUT2D eigenvalue weighted by molar-refractivity contribution is 6.05. The first-order chi connectivity index (χ1) is 14.6. The molecule has 1 saturated heterocycles. The van der Waals surface area contributed by atoms with Gasteiger partial charge in [-0.25, -0.2) is 0 Å². The zero-order valence-corrected chi connectivity index (χ0v) is 16.6. The quantitative estimate of drug-likeness (QED) is 0.177. The third-order valence-electron chi connectivity index (χ3n) is 5.04. The van der Waals surface area contributed by atoms with E-state index in [1.165, 1.54) is 4.90 Å². The van der Waals surface area contributed by atoms with Crippen LogP contribution in [0.5, 0.6) is 0 Å². The molecule has 2 heterocycles. The van der Waals surface area contributed by atoms with Crippen molar-refractivity contribution in [3.8, 4) is 11.8 Å². The number of fused-ring (bicyclic) bond motifs is 1. The van der Waals surface area contributed by atoms with E-state index in [-0.39, 0.29) is 18.2 Å². The number of azide groups is 1. The molecule has 156 valence electrons. The summed E-state index contributed by atoms with van der Waals surface area (Å²) >= 11 is 0. The lowest BCUT2D eigenvalue weighted by atomic mass is 10.0. The first kappa shape index (κ1) is 21.4. The molecule has 2 aliphatic rings. The molecule has 1 aromatic rings. The zero-order chi connectivity index (χ0) is 21.3. The summed E-state index contributed by atoms with van der Waals surface area (Å²) in [4.78, 5) is 40.3. The highest BCUT2D eigenvalue weighted by Gasteiger charge is 2.38. The van der Waals surface area contributed by atoms with Crippen LogP contribution < -0.4 is 5.32 Å². The van der Waals surface area contributed by atoms with Gasteiger partial charge in [-0.2, -0.15) is 0 Å². The molecule has 9 nitrogen and oxygen atoms in total. The number of benzene rings is 1. The number of carbonyl (C=O) groups excluding carboxylic acids is 3. The van der Waals surface area contributed by atoms with Crippen molar-refractivity contribution in [3.05, 3.63) is 45.3 Å². The predicted octanol–water partition coefficient (Wildman–Crippen LogP) is 2.30. The van der Waals surface area contributed by atoms with Gasteiger partial charge in [-0.3, -0.25) is 19.7 Å². The van der Waals surface area contributed by atoms with Crippen molar-refractivity contribution in [3.63, 3.8) is 0 Å². The van der Waals surface area contributed by atoms with Crippen molar-refractivity contribution in [2.75, 3.05) is 19.8 Å². The van der Waals surface area contributed by atoms with Gasteiger partial charge in [0.2, 0.25) is 11.8 Å². The average molecular weight is 409 g/mol. The number of nitrogens with zero attached hydrogens (tertiary/aromatic N) is 4. The summed E-state index contributed by atoms with van der Waals surface area (Å²) in [5.74, 6) is 5.09. The predicted molar refractivity (Wildman–Crippen MR) is 108 cm³/mol. The van der Waals surface area contributed by atoms with Gasteiger partial charge in [0.1, 0.15) is 12.6 Å². The van der Waals surface area contributed by atoms with Gasteiger partial charge in [-0.1, -0.05) is 23.4 Å². The van der Waals surface area contributed by atoms with E-state index in [0.29, 0.717) is 38.3 Å². The highest BCUT2D eigenvalue weighted by atomic mass is 16.5. The number of hydrogen-bond donors (Lipinski definition) is 1. The number of imide groups is 1. The molecule has 0 aliphatic carbocycles. The van der Waals surface area contributed by atoms with Crippen LogP contribution in [0, 0.1) is 11.8 Å². The van der Waals surface area contributed by atoms with Crippen LogP contribution in [0.2, 0.25) is 0 Å². The second-order valence-corrected chi connectivity index (χ2v) is 7.14. The molecule has 1 aromatic carbocycles. The summed E-state index contributed by atoms with van der Waals surface area (Å²) in [5, 5.41) is 5.78. The second kappa shape index (κ2) is 10.4. The van der Waals surface area contributed by atoms with Gasteiger partial charge in [-0.15, -0.1) is 0 Å². The van der Waals surface area contributed by atoms with Crippen molar-refractivity contribution in [2.45, 2.75) is 44.7 Å². The Kier molecular flexibility index (Phi) is 7.44. The van der Waals surface area contributed by atoms with Gasteiger partial charge in [0.15, 0.2) is 0 Å². The lowest BCUT2D eigenvalue weighted by Gasteiger charge is -2.29. The molecule has 30 heavy (non-hydrogen) atoms. The Morgan fingerprint density at radius 3 is 2.93 bits per heavy atom.